The van der Waals surface area contributed by atoms with Crippen LogP contribution in [0.1, 0.15) is 81.7 Å². The third-order valence-corrected chi connectivity index (χ3v) is 4.90. The van der Waals surface area contributed by atoms with E-state index in [1.165, 1.54) is 11.1 Å². The maximum absolute atomic E-state index is 5.58. The van der Waals surface area contributed by atoms with Crippen LogP contribution in [-0.4, -0.2) is 0 Å². The monoisotopic (exact) mass is 614 g/mol. The second-order valence-corrected chi connectivity index (χ2v) is 7.70. The number of benzene rings is 5. The highest BCUT2D eigenvalue weighted by Crippen LogP contribution is 2.19. The summed E-state index contributed by atoms with van der Waals surface area (Å²) in [5.41, 5.74) is 3.64. The maximum Gasteiger partial charge on any atom is 0.127 e. The van der Waals surface area contributed by atoms with E-state index in [0.717, 1.165) is 17.1 Å². The molecular formula is C45H58O. The molecule has 1 heteroatoms. The largest absolute Gasteiger partial charge is 0.457 e. The van der Waals surface area contributed by atoms with E-state index in [4.69, 9.17) is 4.74 Å². The van der Waals surface area contributed by atoms with E-state index in [9.17, 15) is 0 Å². The lowest BCUT2D eigenvalue weighted by molar-refractivity contribution is 0.482. The predicted octanol–water partition coefficient (Wildman–Crippen LogP) is 14.0. The van der Waals surface area contributed by atoms with Crippen molar-refractivity contribution >= 4 is 0 Å². The minimum absolute atomic E-state index is 0.869. The van der Waals surface area contributed by atoms with Crippen LogP contribution in [0, 0.1) is 23.7 Å². The van der Waals surface area contributed by atoms with Crippen LogP contribution in [0.3, 0.4) is 0 Å². The van der Waals surface area contributed by atoms with Crippen LogP contribution >= 0.6 is 0 Å². The molecule has 0 unspecified atom stereocenters. The Morgan fingerprint density at radius 2 is 0.587 bits per heavy atom. The minimum atomic E-state index is 0.869. The summed E-state index contributed by atoms with van der Waals surface area (Å²) in [5, 5.41) is 0. The van der Waals surface area contributed by atoms with Gasteiger partial charge in [-0.3, -0.25) is 0 Å². The van der Waals surface area contributed by atoms with E-state index in [-0.39, 0.29) is 0 Å². The van der Waals surface area contributed by atoms with Crippen molar-refractivity contribution in [1.29, 1.82) is 0 Å². The first-order valence-corrected chi connectivity index (χ1v) is 16.5. The molecule has 0 amide bonds. The molecule has 5 aromatic rings. The Kier molecular flexibility index (Phi) is 37.6. The van der Waals surface area contributed by atoms with Crippen molar-refractivity contribution < 1.29 is 4.74 Å². The van der Waals surface area contributed by atoms with Gasteiger partial charge in [0.05, 0.1) is 0 Å². The Balaban J connectivity index is -0.000000521. The maximum atomic E-state index is 5.58. The molecule has 5 rings (SSSR count). The Hall–Kier alpha value is -4.98. The highest BCUT2D eigenvalue weighted by molar-refractivity contribution is 5.62. The average molecular weight is 615 g/mol. The van der Waals surface area contributed by atoms with Crippen molar-refractivity contribution in [2.75, 3.05) is 0 Å². The number of hydrogen-bond acceptors (Lipinski definition) is 1. The third kappa shape index (κ3) is 25.5. The van der Waals surface area contributed by atoms with E-state index in [1.54, 1.807) is 0 Å². The van der Waals surface area contributed by atoms with Crippen LogP contribution in [0.25, 0.3) is 11.1 Å². The summed E-state index contributed by atoms with van der Waals surface area (Å²) in [6.45, 7) is 21.5. The quantitative estimate of drug-likeness (QED) is 0.184. The minimum Gasteiger partial charge on any atom is -0.457 e. The zero-order chi connectivity index (χ0) is 35.1. The van der Waals surface area contributed by atoms with Crippen LogP contribution in [0.15, 0.2) is 152 Å². The number of para-hydroxylation sites is 2. The lowest BCUT2D eigenvalue weighted by atomic mass is 10.1. The Morgan fingerprint density at radius 3 is 0.848 bits per heavy atom. The molecule has 46 heavy (non-hydrogen) atoms. The summed E-state index contributed by atoms with van der Waals surface area (Å²) in [6.07, 6.45) is 0. The highest BCUT2D eigenvalue weighted by atomic mass is 16.5. The van der Waals surface area contributed by atoms with Gasteiger partial charge in [-0.05, 0) is 68.3 Å². The molecule has 0 atom stereocenters. The summed E-state index contributed by atoms with van der Waals surface area (Å²) < 4.78 is 5.58. The van der Waals surface area contributed by atoms with Crippen LogP contribution in [0.4, 0.5) is 0 Å². The zero-order valence-corrected chi connectivity index (χ0v) is 30.3. The Morgan fingerprint density at radius 1 is 0.326 bits per heavy atom. The summed E-state index contributed by atoms with van der Waals surface area (Å²) in [5.74, 6) is 12.9. The Labute approximate surface area is 283 Å². The second-order valence-electron chi connectivity index (χ2n) is 7.70. The summed E-state index contributed by atoms with van der Waals surface area (Å²) in [7, 11) is 0. The van der Waals surface area contributed by atoms with Gasteiger partial charge >= 0.3 is 0 Å². The third-order valence-electron chi connectivity index (χ3n) is 4.90. The van der Waals surface area contributed by atoms with Crippen molar-refractivity contribution in [1.82, 2.24) is 0 Å². The van der Waals surface area contributed by atoms with Gasteiger partial charge in [0, 0.05) is 5.56 Å². The molecule has 0 aromatic heterocycles. The van der Waals surface area contributed by atoms with Crippen LogP contribution < -0.4 is 4.74 Å². The molecule has 0 spiro atoms. The molecule has 0 saturated carbocycles. The van der Waals surface area contributed by atoms with E-state index >= 15 is 0 Å². The molecule has 244 valence electrons. The second kappa shape index (κ2) is 38.0. The van der Waals surface area contributed by atoms with E-state index in [0.29, 0.717) is 0 Å². The Bertz CT molecular complexity index is 1290. The van der Waals surface area contributed by atoms with Crippen LogP contribution in [0.5, 0.6) is 11.5 Å². The van der Waals surface area contributed by atoms with Gasteiger partial charge in [0.1, 0.15) is 11.5 Å². The SMILES string of the molecule is CC.CC.CC.CC.CC#CC.CC#Cc1ccccc1.c1ccc(-c2ccccc2)cc1.c1ccc(Oc2ccccc2)cc1. The molecular weight excluding hydrogens is 556 g/mol. The molecule has 0 saturated heterocycles. The topological polar surface area (TPSA) is 9.23 Å². The van der Waals surface area contributed by atoms with Crippen molar-refractivity contribution in [2.45, 2.75) is 76.2 Å². The standard InChI is InChI=1S/C12H10O.C12H10.C9H8.C4H6.4C2H6/c1-3-7-11(8-4-1)13-12-9-5-2-6-10-12;1-3-7-11(8-4-1)12-9-5-2-6-10-12;1-2-6-9-7-4-3-5-8-9;1-3-4-2;4*1-2/h1-10H;1-10H;3-5,7-8H,1H3;1-2H3;4*1-2H3. The van der Waals surface area contributed by atoms with Crippen molar-refractivity contribution in [3.63, 3.8) is 0 Å². The van der Waals surface area contributed by atoms with E-state index in [1.807, 2.05) is 179 Å². The highest BCUT2D eigenvalue weighted by Gasteiger charge is 1.93. The van der Waals surface area contributed by atoms with Crippen LogP contribution in [0.2, 0.25) is 0 Å². The van der Waals surface area contributed by atoms with E-state index in [2.05, 4.69) is 72.2 Å². The summed E-state index contributed by atoms with van der Waals surface area (Å²) in [4.78, 5) is 0. The van der Waals surface area contributed by atoms with Crippen molar-refractivity contribution in [3.05, 3.63) is 157 Å². The van der Waals surface area contributed by atoms with Gasteiger partial charge in [-0.2, -0.15) is 0 Å². The van der Waals surface area contributed by atoms with Gasteiger partial charge in [-0.15, -0.1) is 17.8 Å². The number of hydrogen-bond donors (Lipinski definition) is 0. The smallest absolute Gasteiger partial charge is 0.127 e. The van der Waals surface area contributed by atoms with Gasteiger partial charge < -0.3 is 4.74 Å². The fourth-order valence-electron chi connectivity index (χ4n) is 3.04. The lowest BCUT2D eigenvalue weighted by Crippen LogP contribution is -1.81. The fourth-order valence-corrected chi connectivity index (χ4v) is 3.04. The zero-order valence-electron chi connectivity index (χ0n) is 30.3. The lowest BCUT2D eigenvalue weighted by Gasteiger charge is -2.03. The molecule has 1 nitrogen and oxygen atoms in total. The number of rotatable bonds is 3. The molecule has 0 heterocycles. The van der Waals surface area contributed by atoms with Gasteiger partial charge in [0.25, 0.3) is 0 Å². The molecule has 0 aliphatic rings. The predicted molar refractivity (Wildman–Crippen MR) is 208 cm³/mol. The molecule has 0 N–H and O–H groups in total. The van der Waals surface area contributed by atoms with Crippen molar-refractivity contribution in [2.24, 2.45) is 0 Å². The van der Waals surface area contributed by atoms with Gasteiger partial charge in [0.15, 0.2) is 0 Å². The summed E-state index contributed by atoms with van der Waals surface area (Å²) >= 11 is 0. The van der Waals surface area contributed by atoms with Gasteiger partial charge in [0.2, 0.25) is 0 Å². The molecule has 0 aliphatic carbocycles. The molecule has 0 bridgehead atoms. The molecule has 0 radical (unpaired) electrons. The fraction of sp³-hybridized carbons (Fsp3) is 0.244. The number of ether oxygens (including phenoxy) is 1. The average Bonchev–Trinajstić information content (AvgIpc) is 3.18. The first kappa shape index (κ1) is 45.4. The molecule has 0 fully saturated rings. The van der Waals surface area contributed by atoms with Crippen molar-refractivity contribution in [3.8, 4) is 46.3 Å². The molecule has 0 aliphatic heterocycles. The van der Waals surface area contributed by atoms with Gasteiger partial charge in [-0.1, -0.05) is 177 Å². The van der Waals surface area contributed by atoms with Gasteiger partial charge in [-0.25, -0.2) is 0 Å². The van der Waals surface area contributed by atoms with Crippen LogP contribution in [-0.2, 0) is 0 Å². The summed E-state index contributed by atoms with van der Waals surface area (Å²) in [6, 6.07) is 50.2. The van der Waals surface area contributed by atoms with E-state index < -0.39 is 0 Å². The first-order chi connectivity index (χ1) is 22.8. The molecule has 5 aromatic carbocycles. The first-order valence-electron chi connectivity index (χ1n) is 16.5. The normalized spacial score (nSPS) is 7.54.